The fraction of sp³-hybridized carbons (Fsp3) is 0.375. The Morgan fingerprint density at radius 2 is 1.84 bits per heavy atom. The van der Waals surface area contributed by atoms with Crippen LogP contribution in [0.5, 0.6) is 0 Å². The number of nitrogens with zero attached hydrogens (tertiary/aromatic N) is 1. The first-order valence-corrected chi connectivity index (χ1v) is 9.12. The molecule has 0 atom stereocenters. The molecule has 0 aromatic heterocycles. The van der Waals surface area contributed by atoms with E-state index < -0.39 is 17.8 Å². The highest BCUT2D eigenvalue weighted by atomic mass is 32.2. The average molecular weight is 381 g/mol. The summed E-state index contributed by atoms with van der Waals surface area (Å²) in [7, 11) is 0. The van der Waals surface area contributed by atoms with E-state index in [1.165, 1.54) is 23.9 Å². The second-order valence-electron chi connectivity index (χ2n) is 5.40. The number of thioether (sulfide) groups is 1. The van der Waals surface area contributed by atoms with Crippen molar-refractivity contribution in [2.24, 2.45) is 5.73 Å². The molecule has 1 aromatic rings. The first-order chi connectivity index (χ1) is 12.0. The van der Waals surface area contributed by atoms with Crippen molar-refractivity contribution in [3.05, 3.63) is 29.8 Å². The summed E-state index contributed by atoms with van der Waals surface area (Å²) in [6.45, 7) is 1.48. The molecule has 0 radical (unpaired) electrons. The number of anilines is 1. The fourth-order valence-electron chi connectivity index (χ4n) is 2.21. The van der Waals surface area contributed by atoms with Crippen LogP contribution < -0.4 is 11.1 Å². The largest absolute Gasteiger partial charge is 0.455 e. The summed E-state index contributed by atoms with van der Waals surface area (Å²) >= 11 is 6.50. The van der Waals surface area contributed by atoms with Gasteiger partial charge < -0.3 is 20.7 Å². The quantitative estimate of drug-likeness (QED) is 0.567. The number of hydrogen-bond acceptors (Lipinski definition) is 6. The Bertz CT molecular complexity index is 658. The zero-order valence-corrected chi connectivity index (χ0v) is 15.2. The predicted octanol–water partition coefficient (Wildman–Crippen LogP) is 1.38. The second kappa shape index (κ2) is 9.38. The van der Waals surface area contributed by atoms with Crippen molar-refractivity contribution in [3.8, 4) is 0 Å². The number of carbonyl (C=O) groups excluding carboxylic acids is 3. The third kappa shape index (κ3) is 6.35. The van der Waals surface area contributed by atoms with Crippen LogP contribution in [-0.2, 0) is 14.3 Å². The topological polar surface area (TPSA) is 102 Å². The Hall–Kier alpha value is -2.13. The third-order valence-electron chi connectivity index (χ3n) is 3.50. The van der Waals surface area contributed by atoms with Gasteiger partial charge in [-0.05, 0) is 37.1 Å². The molecular formula is C16H19N3O4S2. The lowest BCUT2D eigenvalue weighted by molar-refractivity contribution is -0.144. The van der Waals surface area contributed by atoms with E-state index in [-0.39, 0.29) is 12.4 Å². The van der Waals surface area contributed by atoms with Gasteiger partial charge in [-0.15, -0.1) is 0 Å². The highest BCUT2D eigenvalue weighted by molar-refractivity contribution is 8.23. The van der Waals surface area contributed by atoms with Crippen LogP contribution >= 0.6 is 24.0 Å². The number of ether oxygens (including phenoxy) is 1. The minimum Gasteiger partial charge on any atom is -0.455 e. The van der Waals surface area contributed by atoms with Crippen molar-refractivity contribution in [3.63, 3.8) is 0 Å². The maximum atomic E-state index is 11.8. The van der Waals surface area contributed by atoms with Crippen molar-refractivity contribution in [1.82, 2.24) is 4.90 Å². The molecule has 9 heteroatoms. The number of thiocarbonyl (C=S) groups is 1. The molecule has 1 aliphatic heterocycles. The van der Waals surface area contributed by atoms with E-state index >= 15 is 0 Å². The number of nitrogens with one attached hydrogen (secondary N) is 1. The Morgan fingerprint density at radius 1 is 1.20 bits per heavy atom. The van der Waals surface area contributed by atoms with Crippen molar-refractivity contribution >= 4 is 51.8 Å². The molecule has 0 unspecified atom stereocenters. The summed E-state index contributed by atoms with van der Waals surface area (Å²) in [5, 5.41) is 2.56. The predicted molar refractivity (Wildman–Crippen MR) is 100 cm³/mol. The molecule has 25 heavy (non-hydrogen) atoms. The molecule has 0 aliphatic carbocycles. The molecule has 0 spiro atoms. The Kier molecular flexibility index (Phi) is 7.20. The van der Waals surface area contributed by atoms with Crippen LogP contribution in [0.1, 0.15) is 23.2 Å². The molecule has 1 aliphatic rings. The number of nitrogens with two attached hydrogens (primary N) is 1. The van der Waals surface area contributed by atoms with Crippen LogP contribution in [0.15, 0.2) is 24.3 Å². The van der Waals surface area contributed by atoms with Gasteiger partial charge in [-0.2, -0.15) is 0 Å². The zero-order valence-electron chi connectivity index (χ0n) is 13.5. The SMILES string of the molecule is NC(=O)c1ccc(NC(=O)COC(=O)CSC(=S)N2CCCC2)cc1. The zero-order chi connectivity index (χ0) is 18.2. The number of rotatable bonds is 6. The summed E-state index contributed by atoms with van der Waals surface area (Å²) in [5.41, 5.74) is 5.96. The van der Waals surface area contributed by atoms with Crippen molar-refractivity contribution in [1.29, 1.82) is 0 Å². The van der Waals surface area contributed by atoms with E-state index in [4.69, 9.17) is 22.7 Å². The van der Waals surface area contributed by atoms with Crippen molar-refractivity contribution in [2.45, 2.75) is 12.8 Å². The molecule has 1 fully saturated rings. The molecule has 3 N–H and O–H groups in total. The van der Waals surface area contributed by atoms with E-state index in [1.807, 2.05) is 0 Å². The van der Waals surface area contributed by atoms with Crippen LogP contribution in [0.4, 0.5) is 5.69 Å². The first kappa shape index (κ1) is 19.2. The molecule has 1 saturated heterocycles. The summed E-state index contributed by atoms with van der Waals surface area (Å²) in [6, 6.07) is 6.09. The smallest absolute Gasteiger partial charge is 0.316 e. The molecule has 0 saturated carbocycles. The molecule has 134 valence electrons. The van der Waals surface area contributed by atoms with Gasteiger partial charge in [-0.25, -0.2) is 0 Å². The van der Waals surface area contributed by atoms with Gasteiger partial charge in [0.1, 0.15) is 4.32 Å². The summed E-state index contributed by atoms with van der Waals surface area (Å²) in [6.07, 6.45) is 2.23. The fourth-order valence-corrected chi connectivity index (χ4v) is 3.26. The van der Waals surface area contributed by atoms with E-state index in [0.717, 1.165) is 25.9 Å². The maximum absolute atomic E-state index is 11.8. The van der Waals surface area contributed by atoms with Gasteiger partial charge in [-0.3, -0.25) is 14.4 Å². The lowest BCUT2D eigenvalue weighted by Gasteiger charge is -2.17. The molecule has 1 heterocycles. The summed E-state index contributed by atoms with van der Waals surface area (Å²) in [4.78, 5) is 36.5. The molecule has 7 nitrogen and oxygen atoms in total. The minimum absolute atomic E-state index is 0.0793. The standard InChI is InChI=1S/C16H19N3O4S2/c17-15(22)11-3-5-12(6-4-11)18-13(20)9-23-14(21)10-25-16(24)19-7-1-2-8-19/h3-6H,1-2,7-10H2,(H2,17,22)(H,18,20). The van der Waals surface area contributed by atoms with Gasteiger partial charge in [-0.1, -0.05) is 24.0 Å². The molecular weight excluding hydrogens is 362 g/mol. The summed E-state index contributed by atoms with van der Waals surface area (Å²) in [5.74, 6) is -1.43. The van der Waals surface area contributed by atoms with E-state index in [0.29, 0.717) is 15.6 Å². The number of likely N-dealkylation sites (tertiary alicyclic amines) is 1. The van der Waals surface area contributed by atoms with Crippen LogP contribution in [0.3, 0.4) is 0 Å². The van der Waals surface area contributed by atoms with Gasteiger partial charge in [0, 0.05) is 24.3 Å². The summed E-state index contributed by atoms with van der Waals surface area (Å²) < 4.78 is 5.62. The van der Waals surface area contributed by atoms with Gasteiger partial charge in [0.15, 0.2) is 6.61 Å². The molecule has 2 rings (SSSR count). The van der Waals surface area contributed by atoms with Gasteiger partial charge >= 0.3 is 5.97 Å². The van der Waals surface area contributed by atoms with Crippen LogP contribution in [0.2, 0.25) is 0 Å². The number of primary amides is 1. The lowest BCUT2D eigenvalue weighted by atomic mass is 10.2. The highest BCUT2D eigenvalue weighted by Crippen LogP contribution is 2.16. The lowest BCUT2D eigenvalue weighted by Crippen LogP contribution is -2.25. The number of hydrogen-bond donors (Lipinski definition) is 2. The van der Waals surface area contributed by atoms with E-state index in [1.54, 1.807) is 12.1 Å². The van der Waals surface area contributed by atoms with Crippen LogP contribution in [0.25, 0.3) is 0 Å². The van der Waals surface area contributed by atoms with Gasteiger partial charge in [0.05, 0.1) is 5.75 Å². The normalized spacial score (nSPS) is 13.4. The number of benzene rings is 1. The Morgan fingerprint density at radius 3 is 2.44 bits per heavy atom. The number of esters is 1. The number of carbonyl (C=O) groups is 3. The minimum atomic E-state index is -0.545. The van der Waals surface area contributed by atoms with E-state index in [9.17, 15) is 14.4 Å². The first-order valence-electron chi connectivity index (χ1n) is 7.73. The van der Waals surface area contributed by atoms with Crippen molar-refractivity contribution < 1.29 is 19.1 Å². The highest BCUT2D eigenvalue weighted by Gasteiger charge is 2.17. The Labute approximate surface area is 155 Å². The molecule has 0 bridgehead atoms. The molecule has 1 aromatic carbocycles. The average Bonchev–Trinajstić information content (AvgIpc) is 3.13. The maximum Gasteiger partial charge on any atom is 0.316 e. The Balaban J connectivity index is 1.67. The van der Waals surface area contributed by atoms with Gasteiger partial charge in [0.2, 0.25) is 5.91 Å². The third-order valence-corrected chi connectivity index (χ3v) is 4.99. The van der Waals surface area contributed by atoms with Gasteiger partial charge in [0.25, 0.3) is 5.91 Å². The van der Waals surface area contributed by atoms with E-state index in [2.05, 4.69) is 10.2 Å². The second-order valence-corrected chi connectivity index (χ2v) is 7.01. The monoisotopic (exact) mass is 381 g/mol. The number of amides is 2. The van der Waals surface area contributed by atoms with Crippen molar-refractivity contribution in [2.75, 3.05) is 30.8 Å². The van der Waals surface area contributed by atoms with Crippen LogP contribution in [-0.4, -0.2) is 52.5 Å². The van der Waals surface area contributed by atoms with Crippen LogP contribution in [0, 0.1) is 0 Å². The molecule has 2 amide bonds.